The van der Waals surface area contributed by atoms with Gasteiger partial charge >= 0.3 is 0 Å². The van der Waals surface area contributed by atoms with Gasteiger partial charge in [-0.3, -0.25) is 4.72 Å². The van der Waals surface area contributed by atoms with Crippen molar-refractivity contribution in [1.29, 1.82) is 0 Å². The van der Waals surface area contributed by atoms with E-state index < -0.39 is 0 Å². The maximum absolute atomic E-state index is 13.0. The zero-order chi connectivity index (χ0) is 8.81. The van der Waals surface area contributed by atoms with Gasteiger partial charge in [0.2, 0.25) is 0 Å². The van der Waals surface area contributed by atoms with Crippen LogP contribution in [0.4, 0.5) is 4.39 Å². The first-order chi connectivity index (χ1) is 5.84. The van der Waals surface area contributed by atoms with E-state index in [4.69, 9.17) is 0 Å². The molecule has 0 aliphatic carbocycles. The summed E-state index contributed by atoms with van der Waals surface area (Å²) in [7, 11) is 1.87. The van der Waals surface area contributed by atoms with E-state index in [1.165, 1.54) is 6.07 Å². The van der Waals surface area contributed by atoms with Gasteiger partial charge < -0.3 is 0 Å². The van der Waals surface area contributed by atoms with Gasteiger partial charge in [-0.15, -0.1) is 0 Å². The summed E-state index contributed by atoms with van der Waals surface area (Å²) in [5.74, 6) is 0.798. The highest BCUT2D eigenvalue weighted by molar-refractivity contribution is 7.97. The van der Waals surface area contributed by atoms with Crippen molar-refractivity contribution in [2.45, 2.75) is 6.42 Å². The van der Waals surface area contributed by atoms with Crippen molar-refractivity contribution < 1.29 is 4.39 Å². The molecule has 0 atom stereocenters. The summed E-state index contributed by atoms with van der Waals surface area (Å²) >= 11 is 1.59. The second kappa shape index (κ2) is 5.17. The minimum Gasteiger partial charge on any atom is -0.267 e. The van der Waals surface area contributed by atoms with E-state index in [1.54, 1.807) is 18.0 Å². The molecule has 3 heteroatoms. The van der Waals surface area contributed by atoms with Crippen molar-refractivity contribution in [2.75, 3.05) is 12.8 Å². The molecule has 1 nitrogen and oxygen atoms in total. The fraction of sp³-hybridized carbons (Fsp3) is 0.333. The molecule has 1 aromatic carbocycles. The van der Waals surface area contributed by atoms with Gasteiger partial charge in [0.15, 0.2) is 0 Å². The van der Waals surface area contributed by atoms with E-state index in [9.17, 15) is 4.39 Å². The third-order valence-corrected chi connectivity index (χ3v) is 2.27. The third kappa shape index (κ3) is 2.83. The van der Waals surface area contributed by atoms with E-state index in [2.05, 4.69) is 4.72 Å². The molecule has 0 spiro atoms. The van der Waals surface area contributed by atoms with Crippen LogP contribution in [0.1, 0.15) is 5.56 Å². The van der Waals surface area contributed by atoms with Crippen LogP contribution in [0, 0.1) is 5.82 Å². The highest BCUT2D eigenvalue weighted by Crippen LogP contribution is 2.08. The molecule has 0 aliphatic rings. The summed E-state index contributed by atoms with van der Waals surface area (Å²) in [6.45, 7) is 0. The normalized spacial score (nSPS) is 10.2. The quantitative estimate of drug-likeness (QED) is 0.570. The van der Waals surface area contributed by atoms with Crippen molar-refractivity contribution in [3.05, 3.63) is 35.6 Å². The maximum atomic E-state index is 13.0. The largest absolute Gasteiger partial charge is 0.267 e. The van der Waals surface area contributed by atoms with Crippen LogP contribution in [-0.4, -0.2) is 12.8 Å². The molecule has 66 valence electrons. The van der Waals surface area contributed by atoms with Gasteiger partial charge in [-0.05, 0) is 25.1 Å². The number of aryl methyl sites for hydroxylation is 1. The SMILES string of the molecule is CNSCCc1ccccc1F. The summed E-state index contributed by atoms with van der Waals surface area (Å²) < 4.78 is 15.9. The van der Waals surface area contributed by atoms with E-state index in [0.717, 1.165) is 17.7 Å². The fourth-order valence-corrected chi connectivity index (χ4v) is 1.49. The summed E-state index contributed by atoms with van der Waals surface area (Å²) in [4.78, 5) is 0. The summed E-state index contributed by atoms with van der Waals surface area (Å²) in [5.41, 5.74) is 0.792. The summed E-state index contributed by atoms with van der Waals surface area (Å²) in [6, 6.07) is 6.90. The van der Waals surface area contributed by atoms with Gasteiger partial charge in [0.1, 0.15) is 5.82 Å². The molecule has 0 amide bonds. The van der Waals surface area contributed by atoms with Crippen molar-refractivity contribution in [3.63, 3.8) is 0 Å². The van der Waals surface area contributed by atoms with Crippen LogP contribution < -0.4 is 4.72 Å². The van der Waals surface area contributed by atoms with Gasteiger partial charge in [-0.1, -0.05) is 30.1 Å². The molecule has 0 saturated heterocycles. The van der Waals surface area contributed by atoms with Gasteiger partial charge in [-0.2, -0.15) is 0 Å². The second-order valence-corrected chi connectivity index (χ2v) is 3.50. The van der Waals surface area contributed by atoms with E-state index in [-0.39, 0.29) is 5.82 Å². The van der Waals surface area contributed by atoms with Crippen LogP contribution >= 0.6 is 11.9 Å². The van der Waals surface area contributed by atoms with Crippen LogP contribution in [0.3, 0.4) is 0 Å². The molecule has 0 unspecified atom stereocenters. The van der Waals surface area contributed by atoms with Crippen molar-refractivity contribution in [3.8, 4) is 0 Å². The Kier molecular flexibility index (Phi) is 4.11. The Balaban J connectivity index is 2.46. The van der Waals surface area contributed by atoms with Crippen LogP contribution in [0.25, 0.3) is 0 Å². The maximum Gasteiger partial charge on any atom is 0.126 e. The lowest BCUT2D eigenvalue weighted by Crippen LogP contribution is -1.98. The monoisotopic (exact) mass is 185 g/mol. The van der Waals surface area contributed by atoms with Crippen LogP contribution in [0.5, 0.6) is 0 Å². The summed E-state index contributed by atoms with van der Waals surface area (Å²) in [6.07, 6.45) is 0.776. The van der Waals surface area contributed by atoms with Gasteiger partial charge in [-0.25, -0.2) is 4.39 Å². The molecule has 0 bridgehead atoms. The van der Waals surface area contributed by atoms with Gasteiger partial charge in [0, 0.05) is 5.75 Å². The molecule has 0 aromatic heterocycles. The molecule has 1 N–H and O–H groups in total. The Labute approximate surface area is 76.5 Å². The molecule has 0 fully saturated rings. The molecular weight excluding hydrogens is 173 g/mol. The molecule has 0 radical (unpaired) electrons. The van der Waals surface area contributed by atoms with Crippen molar-refractivity contribution in [2.24, 2.45) is 0 Å². The van der Waals surface area contributed by atoms with E-state index >= 15 is 0 Å². The van der Waals surface area contributed by atoms with Crippen molar-refractivity contribution in [1.82, 2.24) is 4.72 Å². The smallest absolute Gasteiger partial charge is 0.126 e. The Morgan fingerprint density at radius 1 is 1.42 bits per heavy atom. The number of benzene rings is 1. The molecule has 0 saturated carbocycles. The molecule has 0 aliphatic heterocycles. The van der Waals surface area contributed by atoms with Crippen LogP contribution in [0.2, 0.25) is 0 Å². The highest BCUT2D eigenvalue weighted by atomic mass is 32.2. The average Bonchev–Trinajstić information content (AvgIpc) is 2.09. The van der Waals surface area contributed by atoms with Crippen molar-refractivity contribution >= 4 is 11.9 Å². The third-order valence-electron chi connectivity index (χ3n) is 1.58. The fourth-order valence-electron chi connectivity index (χ4n) is 0.964. The van der Waals surface area contributed by atoms with Crippen LogP contribution in [0.15, 0.2) is 24.3 Å². The minimum atomic E-state index is -0.103. The zero-order valence-electron chi connectivity index (χ0n) is 7.01. The summed E-state index contributed by atoms with van der Waals surface area (Å²) in [5, 5.41) is 0. The number of hydrogen-bond acceptors (Lipinski definition) is 2. The van der Waals surface area contributed by atoms with E-state index in [1.807, 2.05) is 19.2 Å². The molecule has 12 heavy (non-hydrogen) atoms. The standard InChI is InChI=1S/C9H12FNS/c1-11-12-7-6-8-4-2-3-5-9(8)10/h2-5,11H,6-7H2,1H3. The predicted molar refractivity (Wildman–Crippen MR) is 51.6 cm³/mol. The Hall–Kier alpha value is -0.540. The number of rotatable bonds is 4. The highest BCUT2D eigenvalue weighted by Gasteiger charge is 1.98. The van der Waals surface area contributed by atoms with Gasteiger partial charge in [0.25, 0.3) is 0 Å². The zero-order valence-corrected chi connectivity index (χ0v) is 7.83. The Morgan fingerprint density at radius 3 is 2.83 bits per heavy atom. The van der Waals surface area contributed by atoms with Crippen LogP contribution in [-0.2, 0) is 6.42 Å². The second-order valence-electron chi connectivity index (χ2n) is 2.39. The van der Waals surface area contributed by atoms with E-state index in [0.29, 0.717) is 0 Å². The molecular formula is C9H12FNS. The Morgan fingerprint density at radius 2 is 2.17 bits per heavy atom. The topological polar surface area (TPSA) is 12.0 Å². The molecule has 0 heterocycles. The number of hydrogen-bond donors (Lipinski definition) is 1. The first kappa shape index (κ1) is 9.55. The molecule has 1 rings (SSSR count). The lowest BCUT2D eigenvalue weighted by Gasteiger charge is -2.01. The van der Waals surface area contributed by atoms with Gasteiger partial charge in [0.05, 0.1) is 0 Å². The lowest BCUT2D eigenvalue weighted by molar-refractivity contribution is 0.612. The molecule has 1 aromatic rings. The lowest BCUT2D eigenvalue weighted by atomic mass is 10.2. The number of halogens is 1. The predicted octanol–water partition coefficient (Wildman–Crippen LogP) is 2.24. The number of nitrogens with one attached hydrogen (secondary N) is 1. The first-order valence-electron chi connectivity index (χ1n) is 3.86. The minimum absolute atomic E-state index is 0.103. The average molecular weight is 185 g/mol. The Bertz CT molecular complexity index is 240. The first-order valence-corrected chi connectivity index (χ1v) is 4.85.